The Kier molecular flexibility index (Phi) is 3.50. The largest absolute Gasteiger partial charge is 0.512 e. The first-order chi connectivity index (χ1) is 9.10. The molecule has 0 atom stereocenters. The summed E-state index contributed by atoms with van der Waals surface area (Å²) < 4.78 is 17.0. The van der Waals surface area contributed by atoms with Crippen LogP contribution in [0.25, 0.3) is 10.9 Å². The van der Waals surface area contributed by atoms with Gasteiger partial charge in [0.1, 0.15) is 11.5 Å². The molecule has 1 aromatic carbocycles. The average molecular weight is 265 g/mol. The van der Waals surface area contributed by atoms with E-state index in [0.717, 1.165) is 10.9 Å². The number of aryl methyl sites for hydroxylation is 1. The number of hydrogen-bond acceptors (Lipinski definition) is 4. The molecule has 0 spiro atoms. The van der Waals surface area contributed by atoms with Crippen LogP contribution in [0.1, 0.15) is 6.92 Å². The van der Waals surface area contributed by atoms with E-state index in [9.17, 15) is 4.79 Å². The molecule has 0 aliphatic heterocycles. The van der Waals surface area contributed by atoms with Crippen molar-refractivity contribution >= 4 is 17.1 Å². The predicted molar refractivity (Wildman–Crippen MR) is 69.4 cm³/mol. The normalized spacial score (nSPS) is 10.5. The van der Waals surface area contributed by atoms with Crippen molar-refractivity contribution < 1.29 is 24.1 Å². The van der Waals surface area contributed by atoms with E-state index >= 15 is 0 Å². The van der Waals surface area contributed by atoms with Crippen LogP contribution in [0.5, 0.6) is 17.4 Å². The predicted octanol–water partition coefficient (Wildman–Crippen LogP) is 2.74. The van der Waals surface area contributed by atoms with Crippen molar-refractivity contribution in [1.82, 2.24) is 4.57 Å². The quantitative estimate of drug-likeness (QED) is 0.861. The van der Waals surface area contributed by atoms with E-state index in [4.69, 9.17) is 19.3 Å². The van der Waals surface area contributed by atoms with Crippen LogP contribution in [-0.2, 0) is 6.54 Å². The molecule has 0 radical (unpaired) electrons. The van der Waals surface area contributed by atoms with Gasteiger partial charge in [-0.2, -0.15) is 0 Å². The lowest BCUT2D eigenvalue weighted by Gasteiger charge is -2.08. The van der Waals surface area contributed by atoms with Gasteiger partial charge in [0.05, 0.1) is 19.7 Å². The Hall–Kier alpha value is -2.37. The molecule has 2 aromatic rings. The Morgan fingerprint density at radius 2 is 2.00 bits per heavy atom. The van der Waals surface area contributed by atoms with E-state index in [1.54, 1.807) is 30.9 Å². The maximum Gasteiger partial charge on any atom is 0.512 e. The number of carbonyl (C=O) groups is 1. The average Bonchev–Trinajstić information content (AvgIpc) is 2.73. The summed E-state index contributed by atoms with van der Waals surface area (Å²) in [4.78, 5) is 10.7. The summed E-state index contributed by atoms with van der Waals surface area (Å²) in [7, 11) is 3.11. The monoisotopic (exact) mass is 265 g/mol. The summed E-state index contributed by atoms with van der Waals surface area (Å²) in [6, 6.07) is 5.20. The Labute approximate surface area is 110 Å². The fourth-order valence-electron chi connectivity index (χ4n) is 2.06. The molecule has 2 rings (SSSR count). The molecule has 1 N–H and O–H groups in total. The standard InChI is InChI=1S/C13H15NO5/c1-4-14-10-5-8(17-2)6-11(18-3)9(10)7-12(14)19-13(15)16/h5-7H,4H2,1-3H3,(H,15,16). The maximum atomic E-state index is 10.7. The molecule has 0 saturated carbocycles. The molecular formula is C13H15NO5. The summed E-state index contributed by atoms with van der Waals surface area (Å²) in [5.41, 5.74) is 0.801. The molecule has 0 amide bonds. The molecule has 0 aliphatic rings. The van der Waals surface area contributed by atoms with E-state index in [1.807, 2.05) is 13.0 Å². The van der Waals surface area contributed by atoms with Gasteiger partial charge in [-0.3, -0.25) is 0 Å². The highest BCUT2D eigenvalue weighted by Gasteiger charge is 2.16. The van der Waals surface area contributed by atoms with Gasteiger partial charge in [-0.1, -0.05) is 0 Å². The summed E-state index contributed by atoms with van der Waals surface area (Å²) in [6.45, 7) is 2.47. The zero-order valence-corrected chi connectivity index (χ0v) is 11.0. The van der Waals surface area contributed by atoms with Gasteiger partial charge in [-0.15, -0.1) is 0 Å². The molecule has 0 bridgehead atoms. The molecule has 0 saturated heterocycles. The minimum absolute atomic E-state index is 0.261. The minimum atomic E-state index is -1.34. The van der Waals surface area contributed by atoms with Gasteiger partial charge >= 0.3 is 6.16 Å². The second kappa shape index (κ2) is 5.09. The van der Waals surface area contributed by atoms with Crippen molar-refractivity contribution in [2.24, 2.45) is 0 Å². The minimum Gasteiger partial charge on any atom is -0.497 e. The van der Waals surface area contributed by atoms with Gasteiger partial charge in [0.15, 0.2) is 0 Å². The fourth-order valence-corrected chi connectivity index (χ4v) is 2.06. The van der Waals surface area contributed by atoms with E-state index in [1.165, 1.54) is 0 Å². The molecule has 19 heavy (non-hydrogen) atoms. The first-order valence-corrected chi connectivity index (χ1v) is 5.76. The summed E-state index contributed by atoms with van der Waals surface area (Å²) in [6.07, 6.45) is -1.34. The van der Waals surface area contributed by atoms with Crippen LogP contribution in [0.4, 0.5) is 4.79 Å². The van der Waals surface area contributed by atoms with Crippen LogP contribution in [0.2, 0.25) is 0 Å². The molecule has 6 nitrogen and oxygen atoms in total. The lowest BCUT2D eigenvalue weighted by Crippen LogP contribution is -2.07. The van der Waals surface area contributed by atoms with Crippen LogP contribution < -0.4 is 14.2 Å². The Morgan fingerprint density at radius 3 is 2.53 bits per heavy atom. The van der Waals surface area contributed by atoms with Crippen LogP contribution in [0, 0.1) is 0 Å². The van der Waals surface area contributed by atoms with Crippen molar-refractivity contribution in [3.63, 3.8) is 0 Å². The lowest BCUT2D eigenvalue weighted by atomic mass is 10.2. The third-order valence-corrected chi connectivity index (χ3v) is 2.88. The highest BCUT2D eigenvalue weighted by molar-refractivity contribution is 5.90. The van der Waals surface area contributed by atoms with Crippen molar-refractivity contribution in [3.05, 3.63) is 18.2 Å². The SMILES string of the molecule is CCn1c(OC(=O)O)cc2c(OC)cc(OC)cc21. The van der Waals surface area contributed by atoms with Gasteiger partial charge < -0.3 is 23.9 Å². The first kappa shape index (κ1) is 13.1. The topological polar surface area (TPSA) is 69.9 Å². The van der Waals surface area contributed by atoms with Gasteiger partial charge in [0.25, 0.3) is 0 Å². The molecular weight excluding hydrogens is 250 g/mol. The zero-order chi connectivity index (χ0) is 14.0. The number of ether oxygens (including phenoxy) is 3. The van der Waals surface area contributed by atoms with Gasteiger partial charge in [-0.05, 0) is 6.92 Å². The number of nitrogens with zero attached hydrogens (tertiary/aromatic N) is 1. The van der Waals surface area contributed by atoms with Crippen LogP contribution >= 0.6 is 0 Å². The highest BCUT2D eigenvalue weighted by atomic mass is 16.7. The summed E-state index contributed by atoms with van der Waals surface area (Å²) in [5, 5.41) is 9.53. The van der Waals surface area contributed by atoms with E-state index in [2.05, 4.69) is 0 Å². The Morgan fingerprint density at radius 1 is 1.26 bits per heavy atom. The van der Waals surface area contributed by atoms with E-state index in [-0.39, 0.29) is 5.88 Å². The fraction of sp³-hybridized carbons (Fsp3) is 0.308. The lowest BCUT2D eigenvalue weighted by molar-refractivity contribution is 0.141. The molecule has 102 valence electrons. The Bertz CT molecular complexity index is 617. The molecule has 1 heterocycles. The van der Waals surface area contributed by atoms with E-state index < -0.39 is 6.16 Å². The second-order valence-electron chi connectivity index (χ2n) is 3.86. The second-order valence-corrected chi connectivity index (χ2v) is 3.86. The molecule has 0 unspecified atom stereocenters. The number of benzene rings is 1. The highest BCUT2D eigenvalue weighted by Crippen LogP contribution is 2.36. The number of methoxy groups -OCH3 is 2. The zero-order valence-electron chi connectivity index (χ0n) is 11.0. The summed E-state index contributed by atoms with van der Waals surface area (Å²) in [5.74, 6) is 1.51. The molecule has 0 fully saturated rings. The number of aromatic nitrogens is 1. The van der Waals surface area contributed by atoms with Crippen molar-refractivity contribution in [2.75, 3.05) is 14.2 Å². The first-order valence-electron chi connectivity index (χ1n) is 5.76. The van der Waals surface area contributed by atoms with Gasteiger partial charge in [0.2, 0.25) is 5.88 Å². The number of fused-ring (bicyclic) bond motifs is 1. The van der Waals surface area contributed by atoms with Crippen LogP contribution in [0.3, 0.4) is 0 Å². The molecule has 0 aliphatic carbocycles. The number of rotatable bonds is 4. The van der Waals surface area contributed by atoms with Crippen LogP contribution in [0.15, 0.2) is 18.2 Å². The van der Waals surface area contributed by atoms with Crippen molar-refractivity contribution in [1.29, 1.82) is 0 Å². The van der Waals surface area contributed by atoms with Gasteiger partial charge in [-0.25, -0.2) is 4.79 Å². The molecule has 6 heteroatoms. The van der Waals surface area contributed by atoms with Crippen LogP contribution in [-0.4, -0.2) is 30.0 Å². The Balaban J connectivity index is 2.70. The third-order valence-electron chi connectivity index (χ3n) is 2.88. The number of carboxylic acid groups (broad SMARTS) is 1. The third kappa shape index (κ3) is 2.29. The molecule has 1 aromatic heterocycles. The maximum absolute atomic E-state index is 10.7. The smallest absolute Gasteiger partial charge is 0.497 e. The van der Waals surface area contributed by atoms with E-state index in [0.29, 0.717) is 18.0 Å². The number of hydrogen-bond donors (Lipinski definition) is 1. The van der Waals surface area contributed by atoms with Gasteiger partial charge in [0, 0.05) is 30.1 Å². The van der Waals surface area contributed by atoms with Crippen molar-refractivity contribution in [2.45, 2.75) is 13.5 Å². The summed E-state index contributed by atoms with van der Waals surface area (Å²) >= 11 is 0. The van der Waals surface area contributed by atoms with Crippen molar-refractivity contribution in [3.8, 4) is 17.4 Å².